The fraction of sp³-hybridized carbons (Fsp3) is 0.167. The molecule has 118 valence electrons. The largest absolute Gasteiger partial charge is 0.492 e. The summed E-state index contributed by atoms with van der Waals surface area (Å²) in [5.41, 5.74) is 8.58. The Morgan fingerprint density at radius 3 is 2.52 bits per heavy atom. The number of nitrogens with zero attached hydrogens (tertiary/aromatic N) is 2. The van der Waals surface area contributed by atoms with Gasteiger partial charge in [-0.15, -0.1) is 0 Å². The number of rotatable bonds is 5. The molecule has 5 heteroatoms. The maximum Gasteiger partial charge on any atom is 0.170 e. The molecule has 1 heterocycles. The summed E-state index contributed by atoms with van der Waals surface area (Å²) >= 11 is 0. The van der Waals surface area contributed by atoms with Crippen LogP contribution in [0.25, 0.3) is 11.3 Å². The minimum atomic E-state index is 0.477. The van der Waals surface area contributed by atoms with Gasteiger partial charge < -0.3 is 15.2 Å². The minimum Gasteiger partial charge on any atom is -0.492 e. The summed E-state index contributed by atoms with van der Waals surface area (Å²) in [6.45, 7) is 0.477. The Kier molecular flexibility index (Phi) is 4.19. The average molecular weight is 309 g/mol. The number of hydrogen-bond donors (Lipinski definition) is 1. The standard InChI is InChI=1S/C18H19N3O2/c1-21-17(19)11-15(20-21)14-9-6-10-16(18(14)22-2)23-12-13-7-4-3-5-8-13/h3-11H,12,19H2,1-2H3. The van der Waals surface area contributed by atoms with Gasteiger partial charge in [-0.3, -0.25) is 4.68 Å². The molecule has 0 bridgehead atoms. The third-order valence-corrected chi connectivity index (χ3v) is 3.61. The first-order chi connectivity index (χ1) is 11.2. The molecule has 0 saturated carbocycles. The number of para-hydroxylation sites is 1. The van der Waals surface area contributed by atoms with E-state index in [1.165, 1.54) is 0 Å². The van der Waals surface area contributed by atoms with Crippen molar-refractivity contribution in [2.24, 2.45) is 7.05 Å². The Hall–Kier alpha value is -2.95. The molecule has 0 amide bonds. The Balaban J connectivity index is 1.91. The number of methoxy groups -OCH3 is 1. The number of aromatic nitrogens is 2. The van der Waals surface area contributed by atoms with Gasteiger partial charge in [0.1, 0.15) is 12.4 Å². The maximum absolute atomic E-state index is 5.92. The molecule has 2 N–H and O–H groups in total. The van der Waals surface area contributed by atoms with E-state index in [1.807, 2.05) is 54.6 Å². The van der Waals surface area contributed by atoms with Crippen LogP contribution in [-0.4, -0.2) is 16.9 Å². The lowest BCUT2D eigenvalue weighted by molar-refractivity contribution is 0.285. The van der Waals surface area contributed by atoms with Crippen molar-refractivity contribution in [1.29, 1.82) is 0 Å². The molecule has 0 spiro atoms. The molecule has 0 saturated heterocycles. The third-order valence-electron chi connectivity index (χ3n) is 3.61. The lowest BCUT2D eigenvalue weighted by atomic mass is 10.1. The van der Waals surface area contributed by atoms with Crippen molar-refractivity contribution in [2.75, 3.05) is 12.8 Å². The molecule has 0 radical (unpaired) electrons. The Labute approximate surface area is 135 Å². The second-order valence-electron chi connectivity index (χ2n) is 5.19. The lowest BCUT2D eigenvalue weighted by Gasteiger charge is -2.13. The molecule has 0 aliphatic rings. The van der Waals surface area contributed by atoms with Crippen LogP contribution in [-0.2, 0) is 13.7 Å². The molecular formula is C18H19N3O2. The number of anilines is 1. The normalized spacial score (nSPS) is 10.5. The first-order valence-corrected chi connectivity index (χ1v) is 7.32. The van der Waals surface area contributed by atoms with Crippen molar-refractivity contribution >= 4 is 5.82 Å². The molecule has 1 aromatic heterocycles. The van der Waals surface area contributed by atoms with E-state index in [-0.39, 0.29) is 0 Å². The number of aryl methyl sites for hydroxylation is 1. The molecule has 3 rings (SSSR count). The first-order valence-electron chi connectivity index (χ1n) is 7.32. The molecule has 0 aliphatic heterocycles. The zero-order valence-corrected chi connectivity index (χ0v) is 13.2. The molecule has 0 atom stereocenters. The summed E-state index contributed by atoms with van der Waals surface area (Å²) in [4.78, 5) is 0. The Bertz CT molecular complexity index is 778. The van der Waals surface area contributed by atoms with Crippen molar-refractivity contribution in [3.8, 4) is 22.8 Å². The van der Waals surface area contributed by atoms with Crippen LogP contribution in [0, 0.1) is 0 Å². The van der Waals surface area contributed by atoms with Crippen LogP contribution in [0.2, 0.25) is 0 Å². The molecular weight excluding hydrogens is 290 g/mol. The second-order valence-corrected chi connectivity index (χ2v) is 5.19. The summed E-state index contributed by atoms with van der Waals surface area (Å²) in [7, 11) is 3.43. The van der Waals surface area contributed by atoms with Gasteiger partial charge in [-0.2, -0.15) is 5.10 Å². The van der Waals surface area contributed by atoms with Gasteiger partial charge in [0, 0.05) is 18.7 Å². The van der Waals surface area contributed by atoms with Crippen LogP contribution in [0.3, 0.4) is 0 Å². The monoisotopic (exact) mass is 309 g/mol. The van der Waals surface area contributed by atoms with Crippen LogP contribution in [0.5, 0.6) is 11.5 Å². The average Bonchev–Trinajstić information content (AvgIpc) is 2.92. The van der Waals surface area contributed by atoms with Gasteiger partial charge in [0.15, 0.2) is 11.5 Å². The highest BCUT2D eigenvalue weighted by molar-refractivity contribution is 5.72. The predicted octanol–water partition coefficient (Wildman–Crippen LogP) is 3.26. The molecule has 0 fully saturated rings. The summed E-state index contributed by atoms with van der Waals surface area (Å²) < 4.78 is 13.1. The lowest BCUT2D eigenvalue weighted by Crippen LogP contribution is -1.99. The highest BCUT2D eigenvalue weighted by atomic mass is 16.5. The van der Waals surface area contributed by atoms with Gasteiger partial charge in [0.05, 0.1) is 12.8 Å². The van der Waals surface area contributed by atoms with E-state index < -0.39 is 0 Å². The molecule has 3 aromatic rings. The quantitative estimate of drug-likeness (QED) is 0.786. The number of benzene rings is 2. The Morgan fingerprint density at radius 1 is 1.09 bits per heavy atom. The third kappa shape index (κ3) is 3.13. The van der Waals surface area contributed by atoms with Gasteiger partial charge in [-0.05, 0) is 17.7 Å². The van der Waals surface area contributed by atoms with Crippen molar-refractivity contribution in [3.63, 3.8) is 0 Å². The van der Waals surface area contributed by atoms with E-state index >= 15 is 0 Å². The summed E-state index contributed by atoms with van der Waals surface area (Å²) in [6, 6.07) is 17.6. The van der Waals surface area contributed by atoms with Crippen molar-refractivity contribution < 1.29 is 9.47 Å². The van der Waals surface area contributed by atoms with E-state index in [4.69, 9.17) is 15.2 Å². The van der Waals surface area contributed by atoms with Crippen molar-refractivity contribution in [3.05, 3.63) is 60.2 Å². The van der Waals surface area contributed by atoms with Gasteiger partial charge >= 0.3 is 0 Å². The van der Waals surface area contributed by atoms with E-state index in [0.29, 0.717) is 23.9 Å². The molecule has 23 heavy (non-hydrogen) atoms. The SMILES string of the molecule is COc1c(OCc2ccccc2)cccc1-c1cc(N)n(C)n1. The number of ether oxygens (including phenoxy) is 2. The maximum atomic E-state index is 5.92. The molecule has 0 aliphatic carbocycles. The minimum absolute atomic E-state index is 0.477. The predicted molar refractivity (Wildman–Crippen MR) is 90.4 cm³/mol. The highest BCUT2D eigenvalue weighted by Crippen LogP contribution is 2.38. The second kappa shape index (κ2) is 6.44. The van der Waals surface area contributed by atoms with Crippen molar-refractivity contribution in [1.82, 2.24) is 9.78 Å². The summed E-state index contributed by atoms with van der Waals surface area (Å²) in [6.07, 6.45) is 0. The zero-order chi connectivity index (χ0) is 16.2. The van der Waals surface area contributed by atoms with Crippen LogP contribution >= 0.6 is 0 Å². The van der Waals surface area contributed by atoms with E-state index in [9.17, 15) is 0 Å². The van der Waals surface area contributed by atoms with Crippen LogP contribution in [0.4, 0.5) is 5.82 Å². The van der Waals surface area contributed by atoms with Gasteiger partial charge in [-0.25, -0.2) is 0 Å². The van der Waals surface area contributed by atoms with Crippen molar-refractivity contribution in [2.45, 2.75) is 6.61 Å². The number of nitrogens with two attached hydrogens (primary N) is 1. The fourth-order valence-electron chi connectivity index (χ4n) is 2.39. The van der Waals surface area contributed by atoms with Gasteiger partial charge in [0.25, 0.3) is 0 Å². The highest BCUT2D eigenvalue weighted by Gasteiger charge is 2.15. The van der Waals surface area contributed by atoms with E-state index in [0.717, 1.165) is 16.8 Å². The topological polar surface area (TPSA) is 62.3 Å². The Morgan fingerprint density at radius 2 is 1.87 bits per heavy atom. The van der Waals surface area contributed by atoms with Crippen LogP contribution in [0.1, 0.15) is 5.56 Å². The van der Waals surface area contributed by atoms with Crippen LogP contribution < -0.4 is 15.2 Å². The molecule has 2 aromatic carbocycles. The van der Waals surface area contributed by atoms with Gasteiger partial charge in [0.2, 0.25) is 0 Å². The fourth-order valence-corrected chi connectivity index (χ4v) is 2.39. The van der Waals surface area contributed by atoms with Crippen LogP contribution in [0.15, 0.2) is 54.6 Å². The smallest absolute Gasteiger partial charge is 0.170 e. The number of hydrogen-bond acceptors (Lipinski definition) is 4. The zero-order valence-electron chi connectivity index (χ0n) is 13.2. The number of nitrogen functional groups attached to an aromatic ring is 1. The summed E-state index contributed by atoms with van der Waals surface area (Å²) in [5.74, 6) is 1.93. The first kappa shape index (κ1) is 15.0. The summed E-state index contributed by atoms with van der Waals surface area (Å²) in [5, 5.41) is 4.40. The van der Waals surface area contributed by atoms with Gasteiger partial charge in [-0.1, -0.05) is 36.4 Å². The van der Waals surface area contributed by atoms with E-state index in [2.05, 4.69) is 5.10 Å². The van der Waals surface area contributed by atoms with E-state index in [1.54, 1.807) is 18.8 Å². The molecule has 5 nitrogen and oxygen atoms in total. The molecule has 0 unspecified atom stereocenters.